The molecule has 0 saturated heterocycles. The Morgan fingerprint density at radius 2 is 1.15 bits per heavy atom. The van der Waals surface area contributed by atoms with Crippen LogP contribution >= 0.6 is 0 Å². The Morgan fingerprint density at radius 3 is 1.44 bits per heavy atom. The van der Waals surface area contributed by atoms with E-state index in [1.165, 1.54) is 14.2 Å². The second kappa shape index (κ2) is 11.2. The highest BCUT2D eigenvalue weighted by molar-refractivity contribution is 6.30. The maximum absolute atomic E-state index is 10.9. The highest BCUT2D eigenvalue weighted by Gasteiger charge is 2.11. The van der Waals surface area contributed by atoms with Crippen LogP contribution in [-0.4, -0.2) is 47.7 Å². The van der Waals surface area contributed by atoms with Crippen molar-refractivity contribution in [2.75, 3.05) is 46.1 Å². The van der Waals surface area contributed by atoms with E-state index in [1.807, 2.05) is 25.2 Å². The van der Waals surface area contributed by atoms with Gasteiger partial charge in [-0.1, -0.05) is 12.1 Å². The molecular weight excluding hydrogens is 352 g/mol. The molecule has 2 rings (SSSR count). The maximum atomic E-state index is 10.9. The van der Waals surface area contributed by atoms with Gasteiger partial charge in [0.05, 0.1) is 28.4 Å². The molecule has 0 radical (unpaired) electrons. The summed E-state index contributed by atoms with van der Waals surface area (Å²) in [5, 5.41) is 5.39. The fraction of sp³-hybridized carbons (Fsp3) is 0.263. The zero-order valence-corrected chi connectivity index (χ0v) is 16.0. The molecule has 0 aliphatic carbocycles. The van der Waals surface area contributed by atoms with Gasteiger partial charge in [0.2, 0.25) is 6.29 Å². The van der Waals surface area contributed by atoms with E-state index in [0.717, 1.165) is 17.2 Å². The van der Waals surface area contributed by atoms with Gasteiger partial charge in [0.25, 0.3) is 5.91 Å². The van der Waals surface area contributed by atoms with Crippen LogP contribution in [0.4, 0.5) is 11.4 Å². The molecule has 0 aromatic heterocycles. The van der Waals surface area contributed by atoms with Crippen LogP contribution in [0.3, 0.4) is 0 Å². The Hall–Kier alpha value is -3.42. The van der Waals surface area contributed by atoms with Crippen LogP contribution in [0.25, 0.3) is 0 Å². The monoisotopic (exact) mass is 376 g/mol. The molecule has 0 spiro atoms. The summed E-state index contributed by atoms with van der Waals surface area (Å²) >= 11 is 0. The van der Waals surface area contributed by atoms with Crippen LogP contribution in [0, 0.1) is 0 Å². The van der Waals surface area contributed by atoms with Crippen LogP contribution in [-0.2, 0) is 9.59 Å². The standard InChI is InChI=1S/C10H11NO4.C9H13NO2/c1-14-7-4-3-5-8(15-2)10(7)11-9(13)6-12;1-10-9-7(11-2)5-4-6-8(9)12-3/h3-6H,1-2H3,(H,11,13);4-6,10H,1-3H3. The van der Waals surface area contributed by atoms with Gasteiger partial charge in [0.15, 0.2) is 0 Å². The van der Waals surface area contributed by atoms with Crippen molar-refractivity contribution in [1.29, 1.82) is 0 Å². The van der Waals surface area contributed by atoms with E-state index in [-0.39, 0.29) is 6.29 Å². The van der Waals surface area contributed by atoms with Gasteiger partial charge in [-0.05, 0) is 24.3 Å². The molecule has 2 aromatic rings. The average Bonchev–Trinajstić information content (AvgIpc) is 2.73. The minimum atomic E-state index is -0.752. The molecule has 2 aromatic carbocycles. The number of rotatable bonds is 7. The number of para-hydroxylation sites is 2. The van der Waals surface area contributed by atoms with Gasteiger partial charge in [-0.15, -0.1) is 0 Å². The first-order valence-corrected chi connectivity index (χ1v) is 7.92. The number of nitrogens with one attached hydrogen (secondary N) is 2. The summed E-state index contributed by atoms with van der Waals surface area (Å²) in [4.78, 5) is 21.1. The molecule has 2 N–H and O–H groups in total. The lowest BCUT2D eigenvalue weighted by Gasteiger charge is -2.12. The number of benzene rings is 2. The van der Waals surface area contributed by atoms with E-state index in [0.29, 0.717) is 17.2 Å². The first-order valence-electron chi connectivity index (χ1n) is 7.92. The minimum absolute atomic E-state index is 0.186. The van der Waals surface area contributed by atoms with Gasteiger partial charge >= 0.3 is 0 Å². The molecule has 0 aliphatic heterocycles. The summed E-state index contributed by atoms with van der Waals surface area (Å²) in [6, 6.07) is 10.7. The molecule has 1 amide bonds. The predicted octanol–water partition coefficient (Wildman–Crippen LogP) is 2.59. The Labute approximate surface area is 158 Å². The second-order valence-corrected chi connectivity index (χ2v) is 4.93. The molecule has 8 nitrogen and oxygen atoms in total. The van der Waals surface area contributed by atoms with Gasteiger partial charge in [0, 0.05) is 7.05 Å². The number of hydrogen-bond donors (Lipinski definition) is 2. The highest BCUT2D eigenvalue weighted by Crippen LogP contribution is 2.34. The first-order chi connectivity index (χ1) is 13.1. The van der Waals surface area contributed by atoms with Crippen LogP contribution in [0.15, 0.2) is 36.4 Å². The molecule has 8 heteroatoms. The topological polar surface area (TPSA) is 95.1 Å². The van der Waals surface area contributed by atoms with Crippen molar-refractivity contribution in [2.45, 2.75) is 0 Å². The van der Waals surface area contributed by atoms with Crippen molar-refractivity contribution in [3.05, 3.63) is 36.4 Å². The number of aldehydes is 1. The summed E-state index contributed by atoms with van der Waals surface area (Å²) in [7, 11) is 8.03. The van der Waals surface area contributed by atoms with Gasteiger partial charge in [-0.25, -0.2) is 0 Å². The van der Waals surface area contributed by atoms with Gasteiger partial charge in [0.1, 0.15) is 34.4 Å². The van der Waals surface area contributed by atoms with Crippen molar-refractivity contribution in [3.63, 3.8) is 0 Å². The molecule has 0 saturated carbocycles. The normalized spacial score (nSPS) is 9.22. The van der Waals surface area contributed by atoms with Crippen molar-refractivity contribution in [2.24, 2.45) is 0 Å². The predicted molar refractivity (Wildman–Crippen MR) is 103 cm³/mol. The van der Waals surface area contributed by atoms with Crippen molar-refractivity contribution in [1.82, 2.24) is 0 Å². The fourth-order valence-electron chi connectivity index (χ4n) is 2.22. The largest absolute Gasteiger partial charge is 0.494 e. The lowest BCUT2D eigenvalue weighted by molar-refractivity contribution is -0.127. The molecule has 0 unspecified atom stereocenters. The molecule has 146 valence electrons. The van der Waals surface area contributed by atoms with E-state index in [1.54, 1.807) is 32.4 Å². The number of methoxy groups -OCH3 is 4. The average molecular weight is 376 g/mol. The Kier molecular flexibility index (Phi) is 9.01. The highest BCUT2D eigenvalue weighted by atomic mass is 16.5. The molecule has 0 bridgehead atoms. The van der Waals surface area contributed by atoms with Gasteiger partial charge in [-0.3, -0.25) is 9.59 Å². The molecule has 0 heterocycles. The lowest BCUT2D eigenvalue weighted by Crippen LogP contribution is -2.13. The SMILES string of the molecule is CNc1c(OC)cccc1OC.COc1cccc(OC)c1NC(=O)C=O. The summed E-state index contributed by atoms with van der Waals surface area (Å²) in [5.41, 5.74) is 1.22. The number of carbonyl (C=O) groups excluding carboxylic acids is 2. The zero-order valence-electron chi connectivity index (χ0n) is 16.0. The van der Waals surface area contributed by atoms with E-state index < -0.39 is 5.91 Å². The number of hydrogen-bond acceptors (Lipinski definition) is 7. The smallest absolute Gasteiger partial charge is 0.288 e. The summed E-state index contributed by atoms with van der Waals surface area (Å²) in [5.74, 6) is 1.70. The fourth-order valence-corrected chi connectivity index (χ4v) is 2.22. The number of carbonyl (C=O) groups is 2. The van der Waals surface area contributed by atoms with Gasteiger partial charge < -0.3 is 29.6 Å². The van der Waals surface area contributed by atoms with Crippen LogP contribution in [0.2, 0.25) is 0 Å². The second-order valence-electron chi connectivity index (χ2n) is 4.93. The van der Waals surface area contributed by atoms with Crippen molar-refractivity contribution >= 4 is 23.6 Å². The molecule has 27 heavy (non-hydrogen) atoms. The van der Waals surface area contributed by atoms with Crippen molar-refractivity contribution in [3.8, 4) is 23.0 Å². The first kappa shape index (κ1) is 21.6. The Balaban J connectivity index is 0.000000277. The van der Waals surface area contributed by atoms with Crippen LogP contribution in [0.5, 0.6) is 23.0 Å². The summed E-state index contributed by atoms with van der Waals surface area (Å²) in [6.45, 7) is 0. The van der Waals surface area contributed by atoms with Crippen LogP contribution < -0.4 is 29.6 Å². The third-order valence-corrected chi connectivity index (χ3v) is 3.46. The molecule has 0 atom stereocenters. The third-order valence-electron chi connectivity index (χ3n) is 3.46. The summed E-state index contributed by atoms with van der Waals surface area (Å²) in [6.07, 6.45) is 0.186. The van der Waals surface area contributed by atoms with Crippen molar-refractivity contribution < 1.29 is 28.5 Å². The zero-order chi connectivity index (χ0) is 20.2. The minimum Gasteiger partial charge on any atom is -0.494 e. The number of amides is 1. The van der Waals surface area contributed by atoms with Gasteiger partial charge in [-0.2, -0.15) is 0 Å². The summed E-state index contributed by atoms with van der Waals surface area (Å²) < 4.78 is 20.3. The number of ether oxygens (including phenoxy) is 4. The van der Waals surface area contributed by atoms with E-state index in [9.17, 15) is 9.59 Å². The number of anilines is 2. The Morgan fingerprint density at radius 1 is 0.778 bits per heavy atom. The maximum Gasteiger partial charge on any atom is 0.288 e. The molecule has 0 fully saturated rings. The van der Waals surface area contributed by atoms with E-state index in [4.69, 9.17) is 18.9 Å². The van der Waals surface area contributed by atoms with E-state index >= 15 is 0 Å². The quantitative estimate of drug-likeness (QED) is 0.566. The third kappa shape index (κ3) is 5.81. The molecule has 0 aliphatic rings. The Bertz CT molecular complexity index is 719. The molecular formula is C19H24N2O6. The van der Waals surface area contributed by atoms with E-state index in [2.05, 4.69) is 10.6 Å². The van der Waals surface area contributed by atoms with Crippen LogP contribution in [0.1, 0.15) is 0 Å². The lowest BCUT2D eigenvalue weighted by atomic mass is 10.2.